The molecular formula is C17H19N3O2S. The Morgan fingerprint density at radius 3 is 2.70 bits per heavy atom. The third-order valence-electron chi connectivity index (χ3n) is 3.93. The number of nitrogens with zero attached hydrogens (tertiary/aromatic N) is 1. The Kier molecular flexibility index (Phi) is 5.05. The highest BCUT2D eigenvalue weighted by molar-refractivity contribution is 7.10. The number of thiophene rings is 1. The van der Waals surface area contributed by atoms with Crippen LogP contribution >= 0.6 is 11.3 Å². The number of benzene rings is 1. The standard InChI is InChI=1S/C17H19N3O2S/c21-16(18-19-17(22)13-6-2-1-3-7-13)12-20-10-4-8-14(20)15-9-5-11-23-15/h1-3,5-7,9,11,14H,4,8,10,12H2,(H,18,21)(H,19,22)/t14-/m0/s1. The van der Waals surface area contributed by atoms with Crippen LogP contribution in [0.3, 0.4) is 0 Å². The molecule has 3 rings (SSSR count). The van der Waals surface area contributed by atoms with Crippen molar-refractivity contribution in [1.29, 1.82) is 0 Å². The van der Waals surface area contributed by atoms with Crippen molar-refractivity contribution >= 4 is 23.2 Å². The SMILES string of the molecule is O=C(CN1CCC[C@H]1c1cccs1)NNC(=O)c1ccccc1. The quantitative estimate of drug-likeness (QED) is 0.847. The van der Waals surface area contributed by atoms with Gasteiger partial charge in [-0.15, -0.1) is 11.3 Å². The van der Waals surface area contributed by atoms with E-state index in [-0.39, 0.29) is 18.4 Å². The van der Waals surface area contributed by atoms with E-state index in [1.54, 1.807) is 35.6 Å². The zero-order valence-corrected chi connectivity index (χ0v) is 13.5. The Morgan fingerprint density at radius 1 is 1.13 bits per heavy atom. The third kappa shape index (κ3) is 3.97. The maximum atomic E-state index is 12.1. The lowest BCUT2D eigenvalue weighted by Gasteiger charge is -2.22. The molecule has 23 heavy (non-hydrogen) atoms. The van der Waals surface area contributed by atoms with Gasteiger partial charge >= 0.3 is 0 Å². The first-order valence-corrected chi connectivity index (χ1v) is 8.53. The predicted octanol–water partition coefficient (Wildman–Crippen LogP) is 2.35. The number of likely N-dealkylation sites (tertiary alicyclic amines) is 1. The second kappa shape index (κ2) is 7.39. The molecule has 1 atom stereocenters. The van der Waals surface area contributed by atoms with Crippen molar-refractivity contribution in [2.75, 3.05) is 13.1 Å². The van der Waals surface area contributed by atoms with Crippen molar-refractivity contribution < 1.29 is 9.59 Å². The van der Waals surface area contributed by atoms with Crippen molar-refractivity contribution in [2.45, 2.75) is 18.9 Å². The lowest BCUT2D eigenvalue weighted by molar-refractivity contribution is -0.123. The Balaban J connectivity index is 1.50. The average molecular weight is 329 g/mol. The van der Waals surface area contributed by atoms with Gasteiger partial charge in [0.15, 0.2) is 0 Å². The minimum Gasteiger partial charge on any atom is -0.287 e. The van der Waals surface area contributed by atoms with Crippen LogP contribution in [0.1, 0.15) is 34.1 Å². The van der Waals surface area contributed by atoms with Crippen LogP contribution in [0.25, 0.3) is 0 Å². The van der Waals surface area contributed by atoms with E-state index in [2.05, 4.69) is 27.2 Å². The van der Waals surface area contributed by atoms with Gasteiger partial charge in [-0.3, -0.25) is 25.3 Å². The fraction of sp³-hybridized carbons (Fsp3) is 0.294. The van der Waals surface area contributed by atoms with Crippen LogP contribution in [0.15, 0.2) is 47.8 Å². The van der Waals surface area contributed by atoms with Crippen LogP contribution in [-0.2, 0) is 4.79 Å². The first-order valence-electron chi connectivity index (χ1n) is 7.66. The van der Waals surface area contributed by atoms with Crippen LogP contribution in [0.4, 0.5) is 0 Å². The molecule has 0 bridgehead atoms. The van der Waals surface area contributed by atoms with Gasteiger partial charge in [-0.2, -0.15) is 0 Å². The molecule has 0 spiro atoms. The monoisotopic (exact) mass is 329 g/mol. The summed E-state index contributed by atoms with van der Waals surface area (Å²) in [6.07, 6.45) is 2.16. The fourth-order valence-electron chi connectivity index (χ4n) is 2.83. The molecule has 5 nitrogen and oxygen atoms in total. The van der Waals surface area contributed by atoms with Gasteiger partial charge in [0.1, 0.15) is 0 Å². The van der Waals surface area contributed by atoms with Crippen LogP contribution in [0.2, 0.25) is 0 Å². The molecule has 2 aromatic rings. The number of nitrogens with one attached hydrogen (secondary N) is 2. The molecule has 0 saturated carbocycles. The van der Waals surface area contributed by atoms with Crippen molar-refractivity contribution in [3.8, 4) is 0 Å². The topological polar surface area (TPSA) is 61.4 Å². The van der Waals surface area contributed by atoms with Gasteiger partial charge in [-0.1, -0.05) is 24.3 Å². The molecular weight excluding hydrogens is 310 g/mol. The molecule has 120 valence electrons. The van der Waals surface area contributed by atoms with Crippen LogP contribution in [0.5, 0.6) is 0 Å². The number of hydrazine groups is 1. The van der Waals surface area contributed by atoms with Crippen LogP contribution in [-0.4, -0.2) is 29.8 Å². The van der Waals surface area contributed by atoms with Crippen LogP contribution in [0, 0.1) is 0 Å². The number of hydrogen-bond donors (Lipinski definition) is 2. The first-order chi connectivity index (χ1) is 11.2. The van der Waals surface area contributed by atoms with Gasteiger partial charge in [0.25, 0.3) is 11.8 Å². The minimum atomic E-state index is -0.310. The molecule has 1 aliphatic rings. The smallest absolute Gasteiger partial charge is 0.269 e. The van der Waals surface area contributed by atoms with E-state index in [9.17, 15) is 9.59 Å². The summed E-state index contributed by atoms with van der Waals surface area (Å²) < 4.78 is 0. The Bertz CT molecular complexity index is 658. The molecule has 6 heteroatoms. The summed E-state index contributed by atoms with van der Waals surface area (Å²) in [4.78, 5) is 27.4. The highest BCUT2D eigenvalue weighted by atomic mass is 32.1. The number of carbonyl (C=O) groups excluding carboxylic acids is 2. The summed E-state index contributed by atoms with van der Waals surface area (Å²) in [5, 5.41) is 2.06. The van der Waals surface area contributed by atoms with E-state index in [1.165, 1.54) is 4.88 Å². The summed E-state index contributed by atoms with van der Waals surface area (Å²) in [5.74, 6) is -0.507. The Hall–Kier alpha value is -2.18. The molecule has 2 heterocycles. The predicted molar refractivity (Wildman–Crippen MR) is 89.9 cm³/mol. The maximum Gasteiger partial charge on any atom is 0.269 e. The van der Waals surface area contributed by atoms with E-state index >= 15 is 0 Å². The second-order valence-electron chi connectivity index (χ2n) is 5.51. The molecule has 1 aliphatic heterocycles. The summed E-state index contributed by atoms with van der Waals surface area (Å²) in [6, 6.07) is 13.3. The average Bonchev–Trinajstić information content (AvgIpc) is 3.24. The van der Waals surface area contributed by atoms with Crippen LogP contribution < -0.4 is 10.9 Å². The largest absolute Gasteiger partial charge is 0.287 e. The van der Waals surface area contributed by atoms with Crippen molar-refractivity contribution in [3.63, 3.8) is 0 Å². The molecule has 2 N–H and O–H groups in total. The summed E-state index contributed by atoms with van der Waals surface area (Å²) in [6.45, 7) is 1.19. The minimum absolute atomic E-state index is 0.197. The summed E-state index contributed by atoms with van der Waals surface area (Å²) >= 11 is 1.72. The van der Waals surface area contributed by atoms with Gasteiger partial charge in [0, 0.05) is 16.5 Å². The molecule has 0 aliphatic carbocycles. The van der Waals surface area contributed by atoms with Gasteiger partial charge in [-0.05, 0) is 43.0 Å². The van der Waals surface area contributed by atoms with Gasteiger partial charge in [0.05, 0.1) is 6.54 Å². The zero-order valence-electron chi connectivity index (χ0n) is 12.7. The number of rotatable bonds is 4. The lowest BCUT2D eigenvalue weighted by Crippen LogP contribution is -2.46. The molecule has 0 radical (unpaired) electrons. The number of amides is 2. The summed E-state index contributed by atoms with van der Waals surface area (Å²) in [5.41, 5.74) is 5.48. The van der Waals surface area contributed by atoms with Gasteiger partial charge in [0.2, 0.25) is 0 Å². The van der Waals surface area contributed by atoms with Crippen molar-refractivity contribution in [1.82, 2.24) is 15.8 Å². The van der Waals surface area contributed by atoms with E-state index in [4.69, 9.17) is 0 Å². The van der Waals surface area contributed by atoms with Crippen molar-refractivity contribution in [2.24, 2.45) is 0 Å². The van der Waals surface area contributed by atoms with Gasteiger partial charge in [-0.25, -0.2) is 0 Å². The fourth-order valence-corrected chi connectivity index (χ4v) is 3.73. The molecule has 2 amide bonds. The second-order valence-corrected chi connectivity index (χ2v) is 6.49. The van der Waals surface area contributed by atoms with E-state index in [0.29, 0.717) is 11.6 Å². The van der Waals surface area contributed by atoms with E-state index in [1.807, 2.05) is 12.1 Å². The number of hydrogen-bond acceptors (Lipinski definition) is 4. The molecule has 1 aromatic carbocycles. The summed E-state index contributed by atoms with van der Waals surface area (Å²) in [7, 11) is 0. The van der Waals surface area contributed by atoms with E-state index < -0.39 is 0 Å². The lowest BCUT2D eigenvalue weighted by atomic mass is 10.2. The van der Waals surface area contributed by atoms with E-state index in [0.717, 1.165) is 19.4 Å². The molecule has 1 aromatic heterocycles. The van der Waals surface area contributed by atoms with Crippen molar-refractivity contribution in [3.05, 3.63) is 58.3 Å². The Morgan fingerprint density at radius 2 is 1.96 bits per heavy atom. The Labute approximate surface area is 139 Å². The third-order valence-corrected chi connectivity index (χ3v) is 4.91. The molecule has 1 fully saturated rings. The normalized spacial score (nSPS) is 17.8. The zero-order chi connectivity index (χ0) is 16.1. The van der Waals surface area contributed by atoms with Gasteiger partial charge < -0.3 is 0 Å². The molecule has 1 saturated heterocycles. The molecule has 0 unspecified atom stereocenters. The number of carbonyl (C=O) groups is 2. The highest BCUT2D eigenvalue weighted by Gasteiger charge is 2.28. The first kappa shape index (κ1) is 15.7. The maximum absolute atomic E-state index is 12.1. The highest BCUT2D eigenvalue weighted by Crippen LogP contribution is 2.33.